The van der Waals surface area contributed by atoms with E-state index in [9.17, 15) is 0 Å². The zero-order valence-corrected chi connectivity index (χ0v) is 10.8. The molecule has 2 rings (SSSR count). The van der Waals surface area contributed by atoms with Gasteiger partial charge < -0.3 is 5.73 Å². The van der Waals surface area contributed by atoms with Crippen LogP contribution < -0.4 is 5.73 Å². The van der Waals surface area contributed by atoms with Crippen LogP contribution in [0.3, 0.4) is 0 Å². The van der Waals surface area contributed by atoms with E-state index in [1.807, 2.05) is 0 Å². The molecule has 0 unspecified atom stereocenters. The number of aromatic nitrogens is 4. The number of hydrogen-bond acceptors (Lipinski definition) is 5. The molecule has 0 bridgehead atoms. The summed E-state index contributed by atoms with van der Waals surface area (Å²) in [7, 11) is 3.91. The maximum absolute atomic E-state index is 5.99. The second-order valence-corrected chi connectivity index (χ2v) is 5.04. The molecule has 0 aliphatic heterocycles. The number of hydrogen-bond donors (Lipinski definition) is 1. The Labute approximate surface area is 102 Å². The standard InChI is InChI=1S/C11H22N6/c1-16(8-10-13-15-17(2)14-10)11(9-12)6-4-3-5-7-11/h3-9,12H2,1-2H3. The number of nitrogens with two attached hydrogens (primary N) is 1. The Morgan fingerprint density at radius 2 is 2.06 bits per heavy atom. The van der Waals surface area contributed by atoms with E-state index in [1.165, 1.54) is 36.9 Å². The van der Waals surface area contributed by atoms with Gasteiger partial charge in [-0.2, -0.15) is 4.80 Å². The van der Waals surface area contributed by atoms with Crippen LogP contribution in [-0.4, -0.2) is 44.2 Å². The Bertz CT molecular complexity index is 355. The van der Waals surface area contributed by atoms with Gasteiger partial charge in [0.25, 0.3) is 0 Å². The predicted molar refractivity (Wildman–Crippen MR) is 65.1 cm³/mol. The van der Waals surface area contributed by atoms with E-state index in [2.05, 4.69) is 27.4 Å². The van der Waals surface area contributed by atoms with Gasteiger partial charge in [-0.25, -0.2) is 0 Å². The van der Waals surface area contributed by atoms with Crippen LogP contribution in [0.1, 0.15) is 37.9 Å². The van der Waals surface area contributed by atoms with Gasteiger partial charge in [0.2, 0.25) is 0 Å². The summed E-state index contributed by atoms with van der Waals surface area (Å²) in [5.41, 5.74) is 6.13. The summed E-state index contributed by atoms with van der Waals surface area (Å²) in [6.07, 6.45) is 6.24. The van der Waals surface area contributed by atoms with Crippen molar-refractivity contribution in [2.75, 3.05) is 13.6 Å². The van der Waals surface area contributed by atoms with Gasteiger partial charge in [-0.15, -0.1) is 10.2 Å². The summed E-state index contributed by atoms with van der Waals surface area (Å²) in [4.78, 5) is 3.81. The number of rotatable bonds is 4. The van der Waals surface area contributed by atoms with Gasteiger partial charge in [0, 0.05) is 12.1 Å². The quantitative estimate of drug-likeness (QED) is 0.817. The Hall–Kier alpha value is -1.01. The molecular weight excluding hydrogens is 216 g/mol. The van der Waals surface area contributed by atoms with Gasteiger partial charge in [0.15, 0.2) is 5.82 Å². The number of nitrogens with zero attached hydrogens (tertiary/aromatic N) is 5. The van der Waals surface area contributed by atoms with Crippen molar-refractivity contribution in [2.45, 2.75) is 44.2 Å². The van der Waals surface area contributed by atoms with E-state index < -0.39 is 0 Å². The molecule has 1 saturated carbocycles. The van der Waals surface area contributed by atoms with Crippen molar-refractivity contribution in [3.63, 3.8) is 0 Å². The van der Waals surface area contributed by atoms with Gasteiger partial charge in [-0.1, -0.05) is 19.3 Å². The van der Waals surface area contributed by atoms with Crippen molar-refractivity contribution in [2.24, 2.45) is 12.8 Å². The molecule has 1 aromatic heterocycles. The Balaban J connectivity index is 2.04. The SMILES string of the molecule is CN(Cc1nnn(C)n1)C1(CN)CCCCC1. The summed E-state index contributed by atoms with van der Waals surface area (Å²) >= 11 is 0. The summed E-state index contributed by atoms with van der Waals surface area (Å²) < 4.78 is 0. The maximum atomic E-state index is 5.99. The average molecular weight is 238 g/mol. The molecule has 0 radical (unpaired) electrons. The van der Waals surface area contributed by atoms with Crippen LogP contribution in [0.5, 0.6) is 0 Å². The molecular formula is C11H22N6. The highest BCUT2D eigenvalue weighted by atomic mass is 15.6. The van der Waals surface area contributed by atoms with Crippen molar-refractivity contribution in [1.29, 1.82) is 0 Å². The molecule has 17 heavy (non-hydrogen) atoms. The van der Waals surface area contributed by atoms with E-state index in [-0.39, 0.29) is 5.54 Å². The average Bonchev–Trinajstić information content (AvgIpc) is 2.75. The summed E-state index contributed by atoms with van der Waals surface area (Å²) in [5, 5.41) is 12.1. The molecule has 6 nitrogen and oxygen atoms in total. The lowest BCUT2D eigenvalue weighted by Gasteiger charge is -2.43. The molecule has 1 aromatic rings. The van der Waals surface area contributed by atoms with Crippen LogP contribution in [0, 0.1) is 0 Å². The van der Waals surface area contributed by atoms with Crippen LogP contribution in [0.15, 0.2) is 0 Å². The topological polar surface area (TPSA) is 72.9 Å². The fourth-order valence-corrected chi connectivity index (χ4v) is 2.72. The highest BCUT2D eigenvalue weighted by Gasteiger charge is 2.35. The highest BCUT2D eigenvalue weighted by Crippen LogP contribution is 2.32. The Morgan fingerprint density at radius 1 is 1.35 bits per heavy atom. The van der Waals surface area contributed by atoms with Crippen molar-refractivity contribution in [3.8, 4) is 0 Å². The van der Waals surface area contributed by atoms with E-state index in [1.54, 1.807) is 7.05 Å². The molecule has 1 heterocycles. The minimum absolute atomic E-state index is 0.136. The van der Waals surface area contributed by atoms with E-state index in [4.69, 9.17) is 5.73 Å². The van der Waals surface area contributed by atoms with E-state index in [0.29, 0.717) is 6.54 Å². The third-order valence-corrected chi connectivity index (χ3v) is 3.90. The maximum Gasteiger partial charge on any atom is 0.188 e. The molecule has 1 fully saturated rings. The minimum Gasteiger partial charge on any atom is -0.329 e. The lowest BCUT2D eigenvalue weighted by atomic mass is 9.80. The second-order valence-electron chi connectivity index (χ2n) is 5.04. The van der Waals surface area contributed by atoms with Crippen molar-refractivity contribution in [1.82, 2.24) is 25.1 Å². The number of tetrazole rings is 1. The monoisotopic (exact) mass is 238 g/mol. The lowest BCUT2D eigenvalue weighted by Crippen LogP contribution is -2.52. The van der Waals surface area contributed by atoms with Crippen molar-refractivity contribution >= 4 is 0 Å². The summed E-state index contributed by atoms with van der Waals surface area (Å²) in [6, 6.07) is 0. The first-order valence-electron chi connectivity index (χ1n) is 6.30. The van der Waals surface area contributed by atoms with Gasteiger partial charge >= 0.3 is 0 Å². The molecule has 0 amide bonds. The van der Waals surface area contributed by atoms with Crippen LogP contribution >= 0.6 is 0 Å². The van der Waals surface area contributed by atoms with Crippen LogP contribution in [-0.2, 0) is 13.6 Å². The molecule has 2 N–H and O–H groups in total. The van der Waals surface area contributed by atoms with Crippen LogP contribution in [0.25, 0.3) is 0 Å². The molecule has 0 saturated heterocycles. The normalized spacial score (nSPS) is 19.8. The molecule has 96 valence electrons. The first-order valence-corrected chi connectivity index (χ1v) is 6.30. The third-order valence-electron chi connectivity index (χ3n) is 3.90. The molecule has 1 aliphatic carbocycles. The van der Waals surface area contributed by atoms with E-state index in [0.717, 1.165) is 12.4 Å². The highest BCUT2D eigenvalue weighted by molar-refractivity contribution is 4.94. The van der Waals surface area contributed by atoms with Gasteiger partial charge in [0.1, 0.15) is 0 Å². The fraction of sp³-hybridized carbons (Fsp3) is 0.909. The molecule has 0 aromatic carbocycles. The Morgan fingerprint density at radius 3 is 2.59 bits per heavy atom. The number of likely N-dealkylation sites (N-methyl/N-ethyl adjacent to an activating group) is 1. The summed E-state index contributed by atoms with van der Waals surface area (Å²) in [6.45, 7) is 1.44. The predicted octanol–water partition coefficient (Wildman–Crippen LogP) is 0.303. The molecule has 1 aliphatic rings. The Kier molecular flexibility index (Phi) is 3.73. The fourth-order valence-electron chi connectivity index (χ4n) is 2.72. The largest absolute Gasteiger partial charge is 0.329 e. The first kappa shape index (κ1) is 12.4. The first-order chi connectivity index (χ1) is 8.16. The van der Waals surface area contributed by atoms with Crippen LogP contribution in [0.4, 0.5) is 0 Å². The lowest BCUT2D eigenvalue weighted by molar-refractivity contribution is 0.0734. The third kappa shape index (κ3) is 2.63. The van der Waals surface area contributed by atoms with Crippen molar-refractivity contribution in [3.05, 3.63) is 5.82 Å². The molecule has 0 atom stereocenters. The van der Waals surface area contributed by atoms with Crippen molar-refractivity contribution < 1.29 is 0 Å². The van der Waals surface area contributed by atoms with Gasteiger partial charge in [-0.05, 0) is 25.1 Å². The minimum atomic E-state index is 0.136. The number of aryl methyl sites for hydroxylation is 1. The smallest absolute Gasteiger partial charge is 0.188 e. The van der Waals surface area contributed by atoms with Gasteiger partial charge in [0.05, 0.1) is 13.6 Å². The zero-order chi connectivity index (χ0) is 12.3. The van der Waals surface area contributed by atoms with Crippen LogP contribution in [0.2, 0.25) is 0 Å². The molecule has 6 heteroatoms. The van der Waals surface area contributed by atoms with E-state index >= 15 is 0 Å². The summed E-state index contributed by atoms with van der Waals surface area (Å²) in [5.74, 6) is 0.772. The molecule has 0 spiro atoms. The zero-order valence-electron chi connectivity index (χ0n) is 10.8. The van der Waals surface area contributed by atoms with Gasteiger partial charge in [-0.3, -0.25) is 4.90 Å². The second kappa shape index (κ2) is 5.10.